The van der Waals surface area contributed by atoms with Gasteiger partial charge in [-0.2, -0.15) is 5.10 Å². The molecule has 1 N–H and O–H groups in total. The first-order chi connectivity index (χ1) is 13.8. The zero-order valence-electron chi connectivity index (χ0n) is 17.3. The molecule has 0 saturated carbocycles. The van der Waals surface area contributed by atoms with E-state index in [0.717, 1.165) is 5.69 Å². The Kier molecular flexibility index (Phi) is 5.96. The van der Waals surface area contributed by atoms with Crippen LogP contribution in [0.2, 0.25) is 0 Å². The molecule has 0 aliphatic rings. The van der Waals surface area contributed by atoms with Gasteiger partial charge in [-0.05, 0) is 44.9 Å². The Balaban J connectivity index is 1.87. The van der Waals surface area contributed by atoms with Gasteiger partial charge in [0.25, 0.3) is 5.91 Å². The molecule has 1 amide bonds. The molecule has 0 fully saturated rings. The number of rotatable bonds is 6. The van der Waals surface area contributed by atoms with Crippen LogP contribution in [0, 0.1) is 0 Å². The molecule has 3 aromatic rings. The summed E-state index contributed by atoms with van der Waals surface area (Å²) >= 11 is 0. The van der Waals surface area contributed by atoms with Gasteiger partial charge in [0.05, 0.1) is 17.1 Å². The number of nitrogens with one attached hydrogen (secondary N) is 1. The minimum atomic E-state index is -0.950. The first-order valence-corrected chi connectivity index (χ1v) is 9.73. The van der Waals surface area contributed by atoms with Crippen LogP contribution in [0.1, 0.15) is 62.6 Å². The highest BCUT2D eigenvalue weighted by Gasteiger charge is 2.24. The van der Waals surface area contributed by atoms with E-state index in [0.29, 0.717) is 22.3 Å². The summed E-state index contributed by atoms with van der Waals surface area (Å²) in [7, 11) is 0. The smallest absolute Gasteiger partial charge is 0.339 e. The highest BCUT2D eigenvalue weighted by Crippen LogP contribution is 2.25. The second-order valence-electron chi connectivity index (χ2n) is 7.57. The predicted molar refractivity (Wildman–Crippen MR) is 112 cm³/mol. The highest BCUT2D eigenvalue weighted by molar-refractivity contribution is 6.04. The van der Waals surface area contributed by atoms with Gasteiger partial charge in [0.2, 0.25) is 0 Å². The molecule has 7 heteroatoms. The summed E-state index contributed by atoms with van der Waals surface area (Å²) in [5.41, 5.74) is 2.42. The normalized spacial score (nSPS) is 12.4. The molecule has 0 unspecified atom stereocenters. The number of ether oxygens (including phenoxy) is 1. The van der Waals surface area contributed by atoms with Crippen LogP contribution in [-0.2, 0) is 9.53 Å². The van der Waals surface area contributed by atoms with Crippen molar-refractivity contribution in [1.82, 2.24) is 14.8 Å². The fourth-order valence-electron chi connectivity index (χ4n) is 2.92. The minimum Gasteiger partial charge on any atom is -0.449 e. The summed E-state index contributed by atoms with van der Waals surface area (Å²) in [5.74, 6) is -0.838. The number of fused-ring (bicyclic) bond motifs is 1. The van der Waals surface area contributed by atoms with Gasteiger partial charge in [-0.3, -0.25) is 4.79 Å². The molecule has 2 heterocycles. The maximum absolute atomic E-state index is 12.9. The first-order valence-electron chi connectivity index (χ1n) is 9.73. The average Bonchev–Trinajstić information content (AvgIpc) is 3.12. The summed E-state index contributed by atoms with van der Waals surface area (Å²) in [6.45, 7) is 9.58. The number of aromatic nitrogens is 3. The van der Waals surface area contributed by atoms with Gasteiger partial charge in [-0.1, -0.05) is 32.0 Å². The van der Waals surface area contributed by atoms with Gasteiger partial charge < -0.3 is 10.1 Å². The van der Waals surface area contributed by atoms with E-state index >= 15 is 0 Å². The van der Waals surface area contributed by atoms with Crippen LogP contribution in [0.3, 0.4) is 0 Å². The van der Waals surface area contributed by atoms with Crippen LogP contribution in [0.4, 0.5) is 5.69 Å². The number of hydrogen-bond acceptors (Lipinski definition) is 5. The summed E-state index contributed by atoms with van der Waals surface area (Å²) < 4.78 is 7.25. The molecule has 0 radical (unpaired) electrons. The average molecular weight is 394 g/mol. The number of carbonyl (C=O) groups excluding carboxylic acids is 2. The fourth-order valence-corrected chi connectivity index (χ4v) is 2.92. The Morgan fingerprint density at radius 1 is 1.07 bits per heavy atom. The molecule has 1 atom stereocenters. The lowest BCUT2D eigenvalue weighted by Crippen LogP contribution is -2.30. The standard InChI is InChI=1S/C22H26N4O3/c1-13(2)19-11-17(18-12-23-26(14(3)4)20(18)25-19)22(28)29-15(5)21(27)24-16-9-7-6-8-10-16/h6-15H,1-5H3,(H,24,27)/t15-/m0/s1. The molecule has 0 saturated heterocycles. The van der Waals surface area contributed by atoms with Gasteiger partial charge in [-0.25, -0.2) is 14.5 Å². The van der Waals surface area contributed by atoms with E-state index in [9.17, 15) is 9.59 Å². The number of nitrogens with zero attached hydrogens (tertiary/aromatic N) is 3. The van der Waals surface area contributed by atoms with Crippen molar-refractivity contribution in [3.05, 3.63) is 53.9 Å². The van der Waals surface area contributed by atoms with Gasteiger partial charge >= 0.3 is 5.97 Å². The van der Waals surface area contributed by atoms with Crippen molar-refractivity contribution in [2.45, 2.75) is 52.7 Å². The lowest BCUT2D eigenvalue weighted by atomic mass is 10.1. The maximum atomic E-state index is 12.9. The van der Waals surface area contributed by atoms with E-state index in [1.165, 1.54) is 0 Å². The van der Waals surface area contributed by atoms with Crippen molar-refractivity contribution in [2.75, 3.05) is 5.32 Å². The van der Waals surface area contributed by atoms with Crippen molar-refractivity contribution < 1.29 is 14.3 Å². The zero-order valence-corrected chi connectivity index (χ0v) is 17.3. The second kappa shape index (κ2) is 8.43. The lowest BCUT2D eigenvalue weighted by molar-refractivity contribution is -0.123. The zero-order chi connectivity index (χ0) is 21.1. The second-order valence-corrected chi connectivity index (χ2v) is 7.57. The molecular formula is C22H26N4O3. The van der Waals surface area contributed by atoms with E-state index in [4.69, 9.17) is 4.74 Å². The monoisotopic (exact) mass is 394 g/mol. The Labute approximate surface area is 170 Å². The van der Waals surface area contributed by atoms with E-state index in [2.05, 4.69) is 15.4 Å². The predicted octanol–water partition coefficient (Wildman–Crippen LogP) is 4.32. The van der Waals surface area contributed by atoms with Crippen molar-refractivity contribution >= 4 is 28.6 Å². The number of amides is 1. The number of esters is 1. The van der Waals surface area contributed by atoms with Crippen LogP contribution < -0.4 is 5.32 Å². The lowest BCUT2D eigenvalue weighted by Gasteiger charge is -2.15. The molecular weight excluding hydrogens is 368 g/mol. The van der Waals surface area contributed by atoms with Crippen LogP contribution >= 0.6 is 0 Å². The van der Waals surface area contributed by atoms with Gasteiger partial charge in [0, 0.05) is 17.4 Å². The Morgan fingerprint density at radius 3 is 2.38 bits per heavy atom. The topological polar surface area (TPSA) is 86.1 Å². The van der Waals surface area contributed by atoms with E-state index in [1.807, 2.05) is 45.9 Å². The Morgan fingerprint density at radius 2 is 1.76 bits per heavy atom. The van der Waals surface area contributed by atoms with Gasteiger partial charge in [0.15, 0.2) is 11.8 Å². The van der Waals surface area contributed by atoms with Crippen molar-refractivity contribution in [2.24, 2.45) is 0 Å². The van der Waals surface area contributed by atoms with Gasteiger partial charge in [-0.15, -0.1) is 0 Å². The van der Waals surface area contributed by atoms with Gasteiger partial charge in [0.1, 0.15) is 0 Å². The highest BCUT2D eigenvalue weighted by atomic mass is 16.5. The molecule has 2 aromatic heterocycles. The van der Waals surface area contributed by atoms with Crippen molar-refractivity contribution in [1.29, 1.82) is 0 Å². The van der Waals surface area contributed by atoms with E-state index < -0.39 is 18.0 Å². The summed E-state index contributed by atoms with van der Waals surface area (Å²) in [4.78, 5) is 30.0. The number of benzene rings is 1. The number of anilines is 1. The van der Waals surface area contributed by atoms with Crippen molar-refractivity contribution in [3.8, 4) is 0 Å². The number of pyridine rings is 1. The molecule has 7 nitrogen and oxygen atoms in total. The number of carbonyl (C=O) groups is 2. The van der Waals surface area contributed by atoms with Crippen molar-refractivity contribution in [3.63, 3.8) is 0 Å². The third-order valence-corrected chi connectivity index (χ3v) is 4.58. The largest absolute Gasteiger partial charge is 0.449 e. The quantitative estimate of drug-likeness (QED) is 0.629. The molecule has 0 aliphatic carbocycles. The fraction of sp³-hybridized carbons (Fsp3) is 0.364. The third-order valence-electron chi connectivity index (χ3n) is 4.58. The molecule has 0 spiro atoms. The molecule has 29 heavy (non-hydrogen) atoms. The van der Waals surface area contributed by atoms with E-state index in [-0.39, 0.29) is 12.0 Å². The van der Waals surface area contributed by atoms with Crippen LogP contribution in [-0.4, -0.2) is 32.7 Å². The third kappa shape index (κ3) is 4.45. The Bertz CT molecular complexity index is 1030. The number of para-hydroxylation sites is 1. The van der Waals surface area contributed by atoms with Crippen LogP contribution in [0.5, 0.6) is 0 Å². The molecule has 3 rings (SSSR count). The van der Waals surface area contributed by atoms with Crippen LogP contribution in [0.15, 0.2) is 42.6 Å². The maximum Gasteiger partial charge on any atom is 0.339 e. The summed E-state index contributed by atoms with van der Waals surface area (Å²) in [6.07, 6.45) is 0.672. The molecule has 0 bridgehead atoms. The number of hydrogen-bond donors (Lipinski definition) is 1. The van der Waals surface area contributed by atoms with Crippen LogP contribution in [0.25, 0.3) is 11.0 Å². The molecule has 152 valence electrons. The molecule has 1 aromatic carbocycles. The summed E-state index contributed by atoms with van der Waals surface area (Å²) in [6, 6.07) is 10.9. The first kappa shape index (κ1) is 20.5. The Hall–Kier alpha value is -3.22. The summed E-state index contributed by atoms with van der Waals surface area (Å²) in [5, 5.41) is 7.73. The molecule has 0 aliphatic heterocycles. The van der Waals surface area contributed by atoms with E-state index in [1.54, 1.807) is 36.0 Å². The SMILES string of the molecule is CC(C)c1cc(C(=O)O[C@@H](C)C(=O)Nc2ccccc2)c2cnn(C(C)C)c2n1. The minimum absolute atomic E-state index is 0.0989.